The molecule has 4 heteroatoms. The topological polar surface area (TPSA) is 29.5 Å². The first-order valence-corrected chi connectivity index (χ1v) is 9.62. The molecular formula is C16H21FO2Si. The average molecular weight is 292 g/mol. The maximum atomic E-state index is 13.3. The lowest BCUT2D eigenvalue weighted by Crippen LogP contribution is -2.43. The van der Waals surface area contributed by atoms with Gasteiger partial charge in [-0.05, 0) is 47.8 Å². The van der Waals surface area contributed by atoms with E-state index >= 15 is 0 Å². The first-order valence-electron chi connectivity index (χ1n) is 6.71. The highest BCUT2D eigenvalue weighted by atomic mass is 28.4. The van der Waals surface area contributed by atoms with Crippen molar-refractivity contribution in [2.24, 2.45) is 0 Å². The van der Waals surface area contributed by atoms with Gasteiger partial charge in [0.15, 0.2) is 0 Å². The third kappa shape index (κ3) is 2.80. The van der Waals surface area contributed by atoms with Gasteiger partial charge in [0.2, 0.25) is 0 Å². The van der Waals surface area contributed by atoms with Gasteiger partial charge in [-0.1, -0.05) is 20.8 Å². The van der Waals surface area contributed by atoms with E-state index in [1.54, 1.807) is 18.2 Å². The van der Waals surface area contributed by atoms with Crippen LogP contribution < -0.4 is 4.43 Å². The number of rotatable bonds is 2. The third-order valence-corrected chi connectivity index (χ3v) is 8.38. The highest BCUT2D eigenvalue weighted by Crippen LogP contribution is 2.40. The largest absolute Gasteiger partial charge is 0.543 e. The molecule has 0 radical (unpaired) electrons. The van der Waals surface area contributed by atoms with Gasteiger partial charge in [0, 0.05) is 11.5 Å². The lowest BCUT2D eigenvalue weighted by molar-refractivity contribution is 0.464. The Labute approximate surface area is 120 Å². The molecule has 0 aliphatic heterocycles. The van der Waals surface area contributed by atoms with Crippen LogP contribution in [-0.4, -0.2) is 13.4 Å². The summed E-state index contributed by atoms with van der Waals surface area (Å²) in [5.74, 6) is 0.407. The smallest absolute Gasteiger partial charge is 0.250 e. The van der Waals surface area contributed by atoms with Crippen LogP contribution in [0, 0.1) is 5.82 Å². The molecule has 0 bridgehead atoms. The fraction of sp³-hybridized carbons (Fsp3) is 0.375. The molecule has 0 heterocycles. The Balaban J connectivity index is 2.55. The number of hydrogen-bond donors (Lipinski definition) is 1. The van der Waals surface area contributed by atoms with Crippen LogP contribution in [-0.2, 0) is 0 Å². The molecule has 20 heavy (non-hydrogen) atoms. The maximum Gasteiger partial charge on any atom is 0.250 e. The molecule has 0 spiro atoms. The van der Waals surface area contributed by atoms with Crippen molar-refractivity contribution >= 4 is 19.1 Å². The summed E-state index contributed by atoms with van der Waals surface area (Å²) in [5, 5.41) is 11.4. The number of hydrogen-bond acceptors (Lipinski definition) is 2. The molecule has 0 fully saturated rings. The molecule has 0 atom stereocenters. The molecule has 1 N–H and O–H groups in total. The van der Waals surface area contributed by atoms with E-state index in [0.717, 1.165) is 5.39 Å². The van der Waals surface area contributed by atoms with Crippen molar-refractivity contribution in [1.82, 2.24) is 0 Å². The molecule has 0 aliphatic rings. The standard InChI is InChI=1S/C16H21FO2Si/c1-16(2,3)20(4,5)19-15-10-13(18)9-11-8-12(17)6-7-14(11)15/h6-10,18H,1-5H3. The molecule has 0 amide bonds. The summed E-state index contributed by atoms with van der Waals surface area (Å²) in [6.07, 6.45) is 0. The fourth-order valence-electron chi connectivity index (χ4n) is 1.80. The summed E-state index contributed by atoms with van der Waals surface area (Å²) < 4.78 is 19.6. The predicted molar refractivity (Wildman–Crippen MR) is 83.4 cm³/mol. The van der Waals surface area contributed by atoms with Crippen LogP contribution in [0.2, 0.25) is 18.1 Å². The minimum absolute atomic E-state index is 0.0603. The monoisotopic (exact) mass is 292 g/mol. The van der Waals surface area contributed by atoms with E-state index in [1.165, 1.54) is 12.1 Å². The van der Waals surface area contributed by atoms with Crippen molar-refractivity contribution in [3.8, 4) is 11.5 Å². The van der Waals surface area contributed by atoms with Gasteiger partial charge < -0.3 is 9.53 Å². The van der Waals surface area contributed by atoms with Crippen LogP contribution >= 0.6 is 0 Å². The highest BCUT2D eigenvalue weighted by molar-refractivity contribution is 6.74. The number of phenolic OH excluding ortho intramolecular Hbond substituents is 1. The van der Waals surface area contributed by atoms with Crippen molar-refractivity contribution in [1.29, 1.82) is 0 Å². The molecule has 2 nitrogen and oxygen atoms in total. The fourth-order valence-corrected chi connectivity index (χ4v) is 2.83. The predicted octanol–water partition coefficient (Wildman–Crippen LogP) is 5.07. The average Bonchev–Trinajstić information content (AvgIpc) is 2.25. The number of aromatic hydroxyl groups is 1. The Kier molecular flexibility index (Phi) is 3.54. The molecule has 0 aromatic heterocycles. The number of halogens is 1. The van der Waals surface area contributed by atoms with E-state index < -0.39 is 8.32 Å². The molecular weight excluding hydrogens is 271 g/mol. The number of benzene rings is 2. The normalized spacial score (nSPS) is 12.7. The van der Waals surface area contributed by atoms with Crippen LogP contribution in [0.5, 0.6) is 11.5 Å². The minimum atomic E-state index is -2.00. The minimum Gasteiger partial charge on any atom is -0.543 e. The Hall–Kier alpha value is -1.55. The van der Waals surface area contributed by atoms with E-state index in [-0.39, 0.29) is 16.6 Å². The van der Waals surface area contributed by atoms with E-state index in [4.69, 9.17) is 4.43 Å². The van der Waals surface area contributed by atoms with Crippen LogP contribution in [0.1, 0.15) is 20.8 Å². The van der Waals surface area contributed by atoms with Gasteiger partial charge in [-0.3, -0.25) is 0 Å². The quantitative estimate of drug-likeness (QED) is 0.783. The first-order chi connectivity index (χ1) is 9.10. The second-order valence-corrected chi connectivity index (χ2v) is 11.4. The zero-order valence-electron chi connectivity index (χ0n) is 12.6. The summed E-state index contributed by atoms with van der Waals surface area (Å²) in [5.41, 5.74) is 0. The molecule has 108 valence electrons. The third-order valence-electron chi connectivity index (χ3n) is 4.03. The van der Waals surface area contributed by atoms with Crippen LogP contribution in [0.15, 0.2) is 30.3 Å². The van der Waals surface area contributed by atoms with Gasteiger partial charge in [-0.2, -0.15) is 0 Å². The van der Waals surface area contributed by atoms with Gasteiger partial charge in [-0.25, -0.2) is 4.39 Å². The highest BCUT2D eigenvalue weighted by Gasteiger charge is 2.39. The van der Waals surface area contributed by atoms with E-state index in [1.807, 2.05) is 0 Å². The molecule has 0 unspecified atom stereocenters. The molecule has 2 aromatic rings. The van der Waals surface area contributed by atoms with E-state index in [2.05, 4.69) is 33.9 Å². The van der Waals surface area contributed by atoms with Crippen molar-refractivity contribution in [2.45, 2.75) is 38.9 Å². The van der Waals surface area contributed by atoms with Gasteiger partial charge in [0.05, 0.1) is 0 Å². The zero-order valence-corrected chi connectivity index (χ0v) is 13.6. The van der Waals surface area contributed by atoms with Gasteiger partial charge in [0.25, 0.3) is 8.32 Å². The summed E-state index contributed by atoms with van der Waals surface area (Å²) >= 11 is 0. The Morgan fingerprint density at radius 2 is 1.75 bits per heavy atom. The van der Waals surface area contributed by atoms with E-state index in [0.29, 0.717) is 11.1 Å². The summed E-state index contributed by atoms with van der Waals surface area (Å²) in [6, 6.07) is 7.69. The summed E-state index contributed by atoms with van der Waals surface area (Å²) in [6.45, 7) is 10.8. The second-order valence-electron chi connectivity index (χ2n) is 6.67. The van der Waals surface area contributed by atoms with Crippen LogP contribution in [0.3, 0.4) is 0 Å². The lowest BCUT2D eigenvalue weighted by Gasteiger charge is -2.36. The molecule has 2 aromatic carbocycles. The van der Waals surface area contributed by atoms with Crippen molar-refractivity contribution in [3.05, 3.63) is 36.1 Å². The number of fused-ring (bicyclic) bond motifs is 1. The van der Waals surface area contributed by atoms with Crippen molar-refractivity contribution in [3.63, 3.8) is 0 Å². The van der Waals surface area contributed by atoms with Crippen molar-refractivity contribution in [2.75, 3.05) is 0 Å². The zero-order chi connectivity index (χ0) is 15.1. The molecule has 0 saturated heterocycles. The SMILES string of the molecule is CC(C)(C)[Si](C)(C)Oc1cc(O)cc2cc(F)ccc12. The van der Waals surface area contributed by atoms with Gasteiger partial charge in [-0.15, -0.1) is 0 Å². The second kappa shape index (κ2) is 4.77. The summed E-state index contributed by atoms with van der Waals surface area (Å²) in [4.78, 5) is 0. The Morgan fingerprint density at radius 3 is 2.35 bits per heavy atom. The molecule has 2 rings (SSSR count). The van der Waals surface area contributed by atoms with E-state index in [9.17, 15) is 9.50 Å². The van der Waals surface area contributed by atoms with Crippen molar-refractivity contribution < 1.29 is 13.9 Å². The Morgan fingerprint density at radius 1 is 1.10 bits per heavy atom. The molecule has 0 saturated carbocycles. The van der Waals surface area contributed by atoms with Crippen LogP contribution in [0.25, 0.3) is 10.8 Å². The lowest BCUT2D eigenvalue weighted by atomic mass is 10.1. The summed E-state index contributed by atoms with van der Waals surface area (Å²) in [7, 11) is -2.00. The Bertz CT molecular complexity index is 639. The number of phenols is 1. The molecule has 0 aliphatic carbocycles. The van der Waals surface area contributed by atoms with Gasteiger partial charge >= 0.3 is 0 Å². The first kappa shape index (κ1) is 14.8. The van der Waals surface area contributed by atoms with Gasteiger partial charge in [0.1, 0.15) is 17.3 Å². The van der Waals surface area contributed by atoms with Crippen LogP contribution in [0.4, 0.5) is 4.39 Å². The maximum absolute atomic E-state index is 13.3.